The zero-order chi connectivity index (χ0) is 12.1. The quantitative estimate of drug-likeness (QED) is 0.833. The Bertz CT molecular complexity index is 358. The third-order valence-corrected chi connectivity index (χ3v) is 3.32. The maximum absolute atomic E-state index is 4.49. The van der Waals surface area contributed by atoms with Crippen LogP contribution in [0.15, 0.2) is 6.20 Å². The van der Waals surface area contributed by atoms with Gasteiger partial charge in [-0.1, -0.05) is 6.92 Å². The van der Waals surface area contributed by atoms with Crippen LogP contribution in [0.4, 0.5) is 5.82 Å². The van der Waals surface area contributed by atoms with E-state index in [0.29, 0.717) is 0 Å². The molecule has 1 aliphatic heterocycles. The average molecular weight is 234 g/mol. The summed E-state index contributed by atoms with van der Waals surface area (Å²) in [5.74, 6) is 2.58. The van der Waals surface area contributed by atoms with Crippen molar-refractivity contribution in [3.05, 3.63) is 17.6 Å². The molecule has 2 rings (SSSR count). The van der Waals surface area contributed by atoms with Gasteiger partial charge in [-0.2, -0.15) is 0 Å². The van der Waals surface area contributed by atoms with E-state index in [0.717, 1.165) is 37.1 Å². The molecule has 0 amide bonds. The Balaban J connectivity index is 1.95. The normalized spacial score (nSPS) is 20.2. The van der Waals surface area contributed by atoms with Crippen LogP contribution in [0.25, 0.3) is 0 Å². The van der Waals surface area contributed by atoms with Gasteiger partial charge in [0.1, 0.15) is 11.6 Å². The Morgan fingerprint density at radius 3 is 3.12 bits per heavy atom. The van der Waals surface area contributed by atoms with Gasteiger partial charge in [-0.05, 0) is 45.2 Å². The van der Waals surface area contributed by atoms with Gasteiger partial charge < -0.3 is 10.6 Å². The fraction of sp³-hybridized carbons (Fsp3) is 0.692. The second-order valence-corrected chi connectivity index (χ2v) is 4.74. The van der Waals surface area contributed by atoms with E-state index in [9.17, 15) is 0 Å². The van der Waals surface area contributed by atoms with E-state index in [1.807, 2.05) is 13.1 Å². The second-order valence-electron chi connectivity index (χ2n) is 4.74. The molecule has 1 unspecified atom stereocenters. The Labute approximate surface area is 103 Å². The summed E-state index contributed by atoms with van der Waals surface area (Å²) in [7, 11) is 0. The molecule has 1 saturated heterocycles. The Morgan fingerprint density at radius 1 is 1.53 bits per heavy atom. The maximum atomic E-state index is 4.49. The van der Waals surface area contributed by atoms with E-state index >= 15 is 0 Å². The van der Waals surface area contributed by atoms with Crippen molar-refractivity contribution in [2.24, 2.45) is 5.92 Å². The van der Waals surface area contributed by atoms with Crippen molar-refractivity contribution in [1.29, 1.82) is 0 Å². The van der Waals surface area contributed by atoms with Crippen LogP contribution in [-0.2, 0) is 6.42 Å². The van der Waals surface area contributed by atoms with Crippen molar-refractivity contribution in [2.45, 2.75) is 33.1 Å². The molecule has 0 radical (unpaired) electrons. The minimum atomic E-state index is 0.726. The summed E-state index contributed by atoms with van der Waals surface area (Å²) in [6, 6.07) is 0. The van der Waals surface area contributed by atoms with Crippen molar-refractivity contribution in [3.63, 3.8) is 0 Å². The van der Waals surface area contributed by atoms with Crippen LogP contribution in [0.2, 0.25) is 0 Å². The molecule has 4 nitrogen and oxygen atoms in total. The summed E-state index contributed by atoms with van der Waals surface area (Å²) < 4.78 is 0. The molecule has 1 aromatic heterocycles. The first kappa shape index (κ1) is 12.3. The summed E-state index contributed by atoms with van der Waals surface area (Å²) in [5.41, 5.74) is 1.21. The number of piperidine rings is 1. The topological polar surface area (TPSA) is 49.8 Å². The summed E-state index contributed by atoms with van der Waals surface area (Å²) in [6.45, 7) is 7.38. The zero-order valence-electron chi connectivity index (χ0n) is 10.8. The third-order valence-electron chi connectivity index (χ3n) is 3.32. The number of aromatic nitrogens is 2. The molecule has 1 fully saturated rings. The fourth-order valence-electron chi connectivity index (χ4n) is 2.25. The van der Waals surface area contributed by atoms with Crippen molar-refractivity contribution in [3.8, 4) is 0 Å². The molecule has 2 N–H and O–H groups in total. The van der Waals surface area contributed by atoms with Gasteiger partial charge in [-0.3, -0.25) is 0 Å². The predicted molar refractivity (Wildman–Crippen MR) is 70.2 cm³/mol. The number of anilines is 1. The lowest BCUT2D eigenvalue weighted by Gasteiger charge is -2.23. The molecule has 94 valence electrons. The van der Waals surface area contributed by atoms with E-state index < -0.39 is 0 Å². The number of hydrogen-bond donors (Lipinski definition) is 2. The summed E-state index contributed by atoms with van der Waals surface area (Å²) in [4.78, 5) is 8.73. The van der Waals surface area contributed by atoms with Crippen LogP contribution in [-0.4, -0.2) is 29.6 Å². The van der Waals surface area contributed by atoms with Gasteiger partial charge in [0.15, 0.2) is 0 Å². The van der Waals surface area contributed by atoms with Gasteiger partial charge >= 0.3 is 0 Å². The molecule has 0 aliphatic carbocycles. The SMILES string of the molecule is CCc1cnc(C)nc1NCC1CCCNC1. The summed E-state index contributed by atoms with van der Waals surface area (Å²) in [6.07, 6.45) is 5.51. The first-order valence-corrected chi connectivity index (χ1v) is 6.56. The highest BCUT2D eigenvalue weighted by Gasteiger charge is 2.13. The predicted octanol–water partition coefficient (Wildman–Crippen LogP) is 1.76. The van der Waals surface area contributed by atoms with E-state index in [-0.39, 0.29) is 0 Å². The van der Waals surface area contributed by atoms with Gasteiger partial charge in [-0.25, -0.2) is 9.97 Å². The van der Waals surface area contributed by atoms with Crippen LogP contribution >= 0.6 is 0 Å². The lowest BCUT2D eigenvalue weighted by molar-refractivity contribution is 0.392. The lowest BCUT2D eigenvalue weighted by Crippen LogP contribution is -2.33. The van der Waals surface area contributed by atoms with Crippen molar-refractivity contribution >= 4 is 5.82 Å². The highest BCUT2D eigenvalue weighted by Crippen LogP contribution is 2.15. The molecule has 1 aliphatic rings. The average Bonchev–Trinajstić information content (AvgIpc) is 2.38. The van der Waals surface area contributed by atoms with Crippen molar-refractivity contribution in [2.75, 3.05) is 25.0 Å². The molecule has 4 heteroatoms. The summed E-state index contributed by atoms with van der Waals surface area (Å²) in [5, 5.41) is 6.92. The van der Waals surface area contributed by atoms with Crippen molar-refractivity contribution in [1.82, 2.24) is 15.3 Å². The Kier molecular flexibility index (Phi) is 4.31. The first-order chi connectivity index (χ1) is 8.29. The standard InChI is InChI=1S/C13H22N4/c1-3-12-9-15-10(2)17-13(12)16-8-11-5-4-6-14-7-11/h9,11,14H,3-8H2,1-2H3,(H,15,16,17). The molecule has 0 saturated carbocycles. The van der Waals surface area contributed by atoms with Gasteiger partial charge in [-0.15, -0.1) is 0 Å². The van der Waals surface area contributed by atoms with E-state index in [1.165, 1.54) is 24.9 Å². The maximum Gasteiger partial charge on any atom is 0.132 e. The smallest absolute Gasteiger partial charge is 0.132 e. The Hall–Kier alpha value is -1.16. The van der Waals surface area contributed by atoms with Gasteiger partial charge in [0, 0.05) is 18.3 Å². The van der Waals surface area contributed by atoms with Gasteiger partial charge in [0.05, 0.1) is 0 Å². The molecule has 1 atom stereocenters. The lowest BCUT2D eigenvalue weighted by atomic mass is 10.00. The van der Waals surface area contributed by atoms with E-state index in [1.54, 1.807) is 0 Å². The van der Waals surface area contributed by atoms with E-state index in [2.05, 4.69) is 27.5 Å². The number of nitrogens with zero attached hydrogens (tertiary/aromatic N) is 2. The number of aryl methyl sites for hydroxylation is 2. The first-order valence-electron chi connectivity index (χ1n) is 6.56. The van der Waals surface area contributed by atoms with Gasteiger partial charge in [0.2, 0.25) is 0 Å². The van der Waals surface area contributed by atoms with Crippen LogP contribution in [0.3, 0.4) is 0 Å². The molecule has 1 aromatic rings. The molecular weight excluding hydrogens is 212 g/mol. The molecular formula is C13H22N4. The molecule has 0 spiro atoms. The third kappa shape index (κ3) is 3.40. The van der Waals surface area contributed by atoms with Crippen LogP contribution in [0.5, 0.6) is 0 Å². The minimum absolute atomic E-state index is 0.726. The summed E-state index contributed by atoms with van der Waals surface area (Å²) >= 11 is 0. The molecule has 0 aromatic carbocycles. The number of nitrogens with one attached hydrogen (secondary N) is 2. The largest absolute Gasteiger partial charge is 0.369 e. The van der Waals surface area contributed by atoms with Crippen LogP contribution < -0.4 is 10.6 Å². The van der Waals surface area contributed by atoms with Crippen LogP contribution in [0.1, 0.15) is 31.2 Å². The zero-order valence-corrected chi connectivity index (χ0v) is 10.8. The second kappa shape index (κ2) is 5.96. The molecule has 0 bridgehead atoms. The molecule has 2 heterocycles. The monoisotopic (exact) mass is 234 g/mol. The highest BCUT2D eigenvalue weighted by molar-refractivity contribution is 5.42. The molecule has 17 heavy (non-hydrogen) atoms. The van der Waals surface area contributed by atoms with Crippen LogP contribution in [0, 0.1) is 12.8 Å². The number of rotatable bonds is 4. The Morgan fingerprint density at radius 2 is 2.41 bits per heavy atom. The van der Waals surface area contributed by atoms with Crippen molar-refractivity contribution < 1.29 is 0 Å². The number of hydrogen-bond acceptors (Lipinski definition) is 4. The van der Waals surface area contributed by atoms with Gasteiger partial charge in [0.25, 0.3) is 0 Å². The fourth-order valence-corrected chi connectivity index (χ4v) is 2.25. The minimum Gasteiger partial charge on any atom is -0.369 e. The van der Waals surface area contributed by atoms with E-state index in [4.69, 9.17) is 0 Å². The highest BCUT2D eigenvalue weighted by atomic mass is 15.0.